The first-order valence-corrected chi connectivity index (χ1v) is 10.5. The minimum absolute atomic E-state index is 0.0704. The number of halogens is 1. The summed E-state index contributed by atoms with van der Waals surface area (Å²) in [6.45, 7) is 1.51. The first kappa shape index (κ1) is 15.5. The fraction of sp³-hybridized carbons (Fsp3) is 0.400. The number of benzene rings is 2. The SMILES string of the molecule is O=S1(=O)c2ccc(-c3ccc(F)cc3)cc2[C@H]2CN(C3CCC3)C[C@@H]21. The molecule has 3 nitrogen and oxygen atoms in total. The van der Waals surface area contributed by atoms with E-state index in [-0.39, 0.29) is 17.0 Å². The van der Waals surface area contributed by atoms with E-state index in [1.165, 1.54) is 31.4 Å². The fourth-order valence-corrected chi connectivity index (χ4v) is 6.72. The fourth-order valence-electron chi connectivity index (χ4n) is 4.55. The lowest BCUT2D eigenvalue weighted by Gasteiger charge is -2.35. The molecule has 130 valence electrons. The highest BCUT2D eigenvalue weighted by molar-refractivity contribution is 7.92. The van der Waals surface area contributed by atoms with E-state index in [1.54, 1.807) is 18.2 Å². The molecule has 2 fully saturated rings. The molecule has 1 aliphatic carbocycles. The Labute approximate surface area is 147 Å². The van der Waals surface area contributed by atoms with Crippen LogP contribution in [0.5, 0.6) is 0 Å². The predicted molar refractivity (Wildman–Crippen MR) is 94.8 cm³/mol. The molecule has 2 heterocycles. The van der Waals surface area contributed by atoms with Gasteiger partial charge in [0.2, 0.25) is 0 Å². The number of nitrogens with zero attached hydrogens (tertiary/aromatic N) is 1. The molecule has 3 aliphatic rings. The molecule has 0 spiro atoms. The van der Waals surface area contributed by atoms with E-state index in [2.05, 4.69) is 4.90 Å². The third kappa shape index (κ3) is 2.29. The zero-order valence-corrected chi connectivity index (χ0v) is 14.7. The van der Waals surface area contributed by atoms with E-state index in [9.17, 15) is 12.8 Å². The molecule has 2 aliphatic heterocycles. The molecule has 25 heavy (non-hydrogen) atoms. The van der Waals surface area contributed by atoms with Crippen molar-refractivity contribution in [1.29, 1.82) is 0 Å². The molecule has 2 aromatic rings. The average Bonchev–Trinajstić information content (AvgIpc) is 3.06. The standard InChI is InChI=1S/C20H20FNO2S/c21-15-7-4-13(5-8-15)14-6-9-19-17(10-14)18-11-22(16-2-1-3-16)12-20(18)25(19,23)24/h4-10,16,18,20H,1-3,11-12H2/t18-,20+/m1/s1. The highest BCUT2D eigenvalue weighted by atomic mass is 32.2. The summed E-state index contributed by atoms with van der Waals surface area (Å²) >= 11 is 0. The normalized spacial score (nSPS) is 27.7. The Kier molecular flexibility index (Phi) is 3.35. The van der Waals surface area contributed by atoms with Gasteiger partial charge in [-0.15, -0.1) is 0 Å². The Balaban J connectivity index is 1.55. The summed E-state index contributed by atoms with van der Waals surface area (Å²) in [6.07, 6.45) is 3.65. The molecule has 5 rings (SSSR count). The second kappa shape index (κ2) is 5.39. The highest BCUT2D eigenvalue weighted by Crippen LogP contribution is 2.47. The van der Waals surface area contributed by atoms with Gasteiger partial charge in [0.25, 0.3) is 0 Å². The Hall–Kier alpha value is -1.72. The van der Waals surface area contributed by atoms with Gasteiger partial charge in [0.1, 0.15) is 5.82 Å². The summed E-state index contributed by atoms with van der Waals surface area (Å²) in [7, 11) is -3.24. The average molecular weight is 357 g/mol. The lowest BCUT2D eigenvalue weighted by atomic mass is 9.91. The number of sulfone groups is 1. The maximum absolute atomic E-state index is 13.2. The minimum Gasteiger partial charge on any atom is -0.298 e. The molecule has 0 aromatic heterocycles. The molecule has 1 saturated carbocycles. The molecule has 2 atom stereocenters. The van der Waals surface area contributed by atoms with Crippen molar-refractivity contribution in [3.05, 3.63) is 53.8 Å². The third-order valence-electron chi connectivity index (χ3n) is 6.18. The van der Waals surface area contributed by atoms with E-state index >= 15 is 0 Å². The highest BCUT2D eigenvalue weighted by Gasteiger charge is 2.51. The van der Waals surface area contributed by atoms with Crippen molar-refractivity contribution in [3.63, 3.8) is 0 Å². The maximum atomic E-state index is 13.2. The number of hydrogen-bond donors (Lipinski definition) is 0. The van der Waals surface area contributed by atoms with Crippen molar-refractivity contribution < 1.29 is 12.8 Å². The van der Waals surface area contributed by atoms with Crippen molar-refractivity contribution >= 4 is 9.84 Å². The molecule has 0 radical (unpaired) electrons. The van der Waals surface area contributed by atoms with E-state index in [0.717, 1.165) is 23.2 Å². The Morgan fingerprint density at radius 2 is 1.68 bits per heavy atom. The number of fused-ring (bicyclic) bond motifs is 3. The van der Waals surface area contributed by atoms with Crippen LogP contribution in [-0.2, 0) is 9.84 Å². The summed E-state index contributed by atoms with van der Waals surface area (Å²) in [4.78, 5) is 2.88. The molecule has 0 N–H and O–H groups in total. The van der Waals surface area contributed by atoms with Gasteiger partial charge in [0.15, 0.2) is 9.84 Å². The van der Waals surface area contributed by atoms with Crippen molar-refractivity contribution in [2.75, 3.05) is 13.1 Å². The van der Waals surface area contributed by atoms with Crippen LogP contribution in [0.25, 0.3) is 11.1 Å². The molecule has 0 amide bonds. The van der Waals surface area contributed by atoms with E-state index in [4.69, 9.17) is 0 Å². The summed E-state index contributed by atoms with van der Waals surface area (Å²) in [5.41, 5.74) is 2.82. The van der Waals surface area contributed by atoms with Crippen LogP contribution in [0.2, 0.25) is 0 Å². The van der Waals surface area contributed by atoms with Crippen LogP contribution >= 0.6 is 0 Å². The van der Waals surface area contributed by atoms with E-state index in [0.29, 0.717) is 17.5 Å². The minimum atomic E-state index is -3.24. The van der Waals surface area contributed by atoms with Crippen LogP contribution in [0.1, 0.15) is 30.7 Å². The van der Waals surface area contributed by atoms with Crippen LogP contribution in [-0.4, -0.2) is 37.7 Å². The molecule has 2 aromatic carbocycles. The summed E-state index contributed by atoms with van der Waals surface area (Å²) in [6, 6.07) is 12.5. The van der Waals surface area contributed by atoms with Crippen LogP contribution in [0, 0.1) is 5.82 Å². The largest absolute Gasteiger partial charge is 0.298 e. The van der Waals surface area contributed by atoms with Gasteiger partial charge >= 0.3 is 0 Å². The van der Waals surface area contributed by atoms with Gasteiger partial charge in [0, 0.05) is 25.0 Å². The smallest absolute Gasteiger partial charge is 0.183 e. The zero-order valence-electron chi connectivity index (χ0n) is 13.9. The molecule has 0 bridgehead atoms. The predicted octanol–water partition coefficient (Wildman–Crippen LogP) is 3.60. The van der Waals surface area contributed by atoms with Gasteiger partial charge in [-0.1, -0.05) is 24.6 Å². The van der Waals surface area contributed by atoms with Gasteiger partial charge in [-0.05, 0) is 53.8 Å². The van der Waals surface area contributed by atoms with Gasteiger partial charge in [-0.3, -0.25) is 4.90 Å². The van der Waals surface area contributed by atoms with Crippen LogP contribution < -0.4 is 0 Å². The van der Waals surface area contributed by atoms with Crippen LogP contribution in [0.3, 0.4) is 0 Å². The monoisotopic (exact) mass is 357 g/mol. The van der Waals surface area contributed by atoms with Crippen LogP contribution in [0.15, 0.2) is 47.4 Å². The molecular formula is C20H20FNO2S. The van der Waals surface area contributed by atoms with Gasteiger partial charge in [-0.25, -0.2) is 12.8 Å². The topological polar surface area (TPSA) is 37.4 Å². The second-order valence-electron chi connectivity index (χ2n) is 7.49. The maximum Gasteiger partial charge on any atom is 0.183 e. The molecule has 0 unspecified atom stereocenters. The first-order chi connectivity index (χ1) is 12.0. The second-order valence-corrected chi connectivity index (χ2v) is 9.62. The lowest BCUT2D eigenvalue weighted by Crippen LogP contribution is -2.39. The lowest BCUT2D eigenvalue weighted by molar-refractivity contribution is 0.157. The van der Waals surface area contributed by atoms with Crippen molar-refractivity contribution in [2.24, 2.45) is 0 Å². The first-order valence-electron chi connectivity index (χ1n) is 8.92. The Bertz CT molecular complexity index is 935. The van der Waals surface area contributed by atoms with E-state index in [1.807, 2.05) is 12.1 Å². The molecule has 1 saturated heterocycles. The molecular weight excluding hydrogens is 337 g/mol. The van der Waals surface area contributed by atoms with Gasteiger partial charge in [0.05, 0.1) is 10.1 Å². The third-order valence-corrected chi connectivity index (χ3v) is 8.44. The number of rotatable bonds is 2. The van der Waals surface area contributed by atoms with Crippen molar-refractivity contribution in [1.82, 2.24) is 4.90 Å². The van der Waals surface area contributed by atoms with Crippen molar-refractivity contribution in [3.8, 4) is 11.1 Å². The Morgan fingerprint density at radius 1 is 0.960 bits per heavy atom. The quantitative estimate of drug-likeness (QED) is 0.824. The van der Waals surface area contributed by atoms with E-state index < -0.39 is 9.84 Å². The number of hydrogen-bond acceptors (Lipinski definition) is 3. The van der Waals surface area contributed by atoms with Gasteiger partial charge in [-0.2, -0.15) is 0 Å². The van der Waals surface area contributed by atoms with Crippen molar-refractivity contribution in [2.45, 2.75) is 41.4 Å². The summed E-state index contributed by atoms with van der Waals surface area (Å²) in [5, 5.41) is -0.299. The summed E-state index contributed by atoms with van der Waals surface area (Å²) in [5.74, 6) is -0.194. The zero-order chi connectivity index (χ0) is 17.2. The van der Waals surface area contributed by atoms with Gasteiger partial charge < -0.3 is 0 Å². The molecule has 5 heteroatoms. The Morgan fingerprint density at radius 3 is 2.36 bits per heavy atom. The summed E-state index contributed by atoms with van der Waals surface area (Å²) < 4.78 is 39.1. The van der Waals surface area contributed by atoms with Crippen LogP contribution in [0.4, 0.5) is 4.39 Å². The number of likely N-dealkylation sites (tertiary alicyclic amines) is 1.